The van der Waals surface area contributed by atoms with Crippen molar-refractivity contribution in [2.24, 2.45) is 0 Å². The lowest BCUT2D eigenvalue weighted by Gasteiger charge is -1.99. The Hall–Kier alpha value is -0.350. The van der Waals surface area contributed by atoms with E-state index in [-0.39, 0.29) is 0 Å². The molecule has 0 amide bonds. The molecule has 0 spiro atoms. The number of rotatable bonds is 1. The molecule has 1 aromatic heterocycles. The summed E-state index contributed by atoms with van der Waals surface area (Å²) in [6, 6.07) is 3.51. The van der Waals surface area contributed by atoms with Gasteiger partial charge in [0, 0.05) is 26.4 Å². The van der Waals surface area contributed by atoms with Gasteiger partial charge in [0.1, 0.15) is 5.03 Å². The Morgan fingerprint density at radius 3 is 2.64 bits per heavy atom. The highest BCUT2D eigenvalue weighted by Gasteiger charge is 2.00. The third-order valence-corrected chi connectivity index (χ3v) is 2.74. The van der Waals surface area contributed by atoms with E-state index < -0.39 is 9.52 Å². The highest BCUT2D eigenvalue weighted by atomic mass is 79.9. The fraction of sp³-hybridized carbons (Fsp3) is 0.143. The molecule has 0 aliphatic heterocycles. The molecule has 11 heavy (non-hydrogen) atoms. The van der Waals surface area contributed by atoms with E-state index in [0.29, 0.717) is 5.03 Å². The maximum Gasteiger partial charge on any atom is 0.118 e. The van der Waals surface area contributed by atoms with Gasteiger partial charge in [-0.2, -0.15) is 0 Å². The van der Waals surface area contributed by atoms with Gasteiger partial charge in [-0.25, -0.2) is 4.98 Å². The van der Waals surface area contributed by atoms with Crippen molar-refractivity contribution in [1.82, 2.24) is 4.98 Å². The van der Waals surface area contributed by atoms with E-state index in [1.807, 2.05) is 0 Å². The molecule has 4 heteroatoms. The molecular weight excluding hydrogens is 226 g/mol. The second-order valence-electron chi connectivity index (χ2n) is 2.32. The van der Waals surface area contributed by atoms with E-state index >= 15 is 0 Å². The minimum Gasteiger partial charge on any atom is -0.262 e. The third-order valence-electron chi connectivity index (χ3n) is 1.14. The second-order valence-corrected chi connectivity index (χ2v) is 5.66. The maximum atomic E-state index is 11.3. The van der Waals surface area contributed by atoms with E-state index in [1.165, 1.54) is 0 Å². The van der Waals surface area contributed by atoms with Crippen LogP contribution in [0.5, 0.6) is 0 Å². The molecular formula is C7H8BrNOS. The standard InChI is InChI=1S/C7H8BrNOS/c1-11(2,10)7-4-3-6(8)5-9-7/h3-5H,1H2,2H3. The Kier molecular flexibility index (Phi) is 2.34. The molecule has 0 saturated carbocycles. The van der Waals surface area contributed by atoms with Crippen molar-refractivity contribution in [3.63, 3.8) is 0 Å². The molecule has 0 N–H and O–H groups in total. The summed E-state index contributed by atoms with van der Waals surface area (Å²) in [7, 11) is -2.15. The van der Waals surface area contributed by atoms with Crippen LogP contribution in [-0.2, 0) is 9.52 Å². The van der Waals surface area contributed by atoms with Crippen molar-refractivity contribution < 1.29 is 4.21 Å². The largest absolute Gasteiger partial charge is 0.262 e. The molecule has 1 aromatic rings. The van der Waals surface area contributed by atoms with Crippen LogP contribution in [0.1, 0.15) is 0 Å². The first-order chi connectivity index (χ1) is 5.00. The van der Waals surface area contributed by atoms with Gasteiger partial charge >= 0.3 is 0 Å². The highest BCUT2D eigenvalue weighted by molar-refractivity contribution is 9.10. The summed E-state index contributed by atoms with van der Waals surface area (Å²) >= 11 is 3.24. The average Bonchev–Trinajstić information content (AvgIpc) is 1.86. The minimum absolute atomic E-state index is 0.542. The second kappa shape index (κ2) is 2.95. The van der Waals surface area contributed by atoms with Gasteiger partial charge in [0.25, 0.3) is 0 Å². The molecule has 0 aromatic carbocycles. The lowest BCUT2D eigenvalue weighted by atomic mass is 10.5. The van der Waals surface area contributed by atoms with Gasteiger partial charge in [-0.15, -0.1) is 0 Å². The molecule has 1 rings (SSSR count). The van der Waals surface area contributed by atoms with Gasteiger partial charge < -0.3 is 0 Å². The zero-order valence-corrected chi connectivity index (χ0v) is 8.48. The van der Waals surface area contributed by atoms with E-state index in [1.54, 1.807) is 24.6 Å². The first-order valence-electron chi connectivity index (χ1n) is 2.94. The topological polar surface area (TPSA) is 30.0 Å². The van der Waals surface area contributed by atoms with E-state index in [9.17, 15) is 4.21 Å². The molecule has 1 heterocycles. The van der Waals surface area contributed by atoms with Crippen LogP contribution < -0.4 is 0 Å². The van der Waals surface area contributed by atoms with Gasteiger partial charge in [-0.3, -0.25) is 4.21 Å². The monoisotopic (exact) mass is 233 g/mol. The van der Waals surface area contributed by atoms with Crippen LogP contribution in [0.4, 0.5) is 0 Å². The molecule has 2 nitrogen and oxygen atoms in total. The van der Waals surface area contributed by atoms with Crippen molar-refractivity contribution in [1.29, 1.82) is 0 Å². The molecule has 0 aliphatic carbocycles. The lowest BCUT2D eigenvalue weighted by molar-refractivity contribution is 0.682. The zero-order chi connectivity index (χ0) is 8.48. The van der Waals surface area contributed by atoms with Gasteiger partial charge in [0.2, 0.25) is 0 Å². The Bertz CT molecular complexity index is 341. The van der Waals surface area contributed by atoms with Crippen LogP contribution >= 0.6 is 15.9 Å². The van der Waals surface area contributed by atoms with E-state index in [2.05, 4.69) is 26.8 Å². The van der Waals surface area contributed by atoms with Crippen LogP contribution in [0.15, 0.2) is 27.8 Å². The Balaban J connectivity index is 3.20. The Morgan fingerprint density at radius 1 is 1.64 bits per heavy atom. The fourth-order valence-corrected chi connectivity index (χ4v) is 1.48. The fourth-order valence-electron chi connectivity index (χ4n) is 0.618. The van der Waals surface area contributed by atoms with Crippen LogP contribution in [-0.4, -0.2) is 21.3 Å². The van der Waals surface area contributed by atoms with Crippen molar-refractivity contribution in [2.45, 2.75) is 5.03 Å². The summed E-state index contributed by atoms with van der Waals surface area (Å²) in [4.78, 5) is 3.96. The predicted molar refractivity (Wildman–Crippen MR) is 51.4 cm³/mol. The van der Waals surface area contributed by atoms with Gasteiger partial charge in [0.05, 0.1) is 0 Å². The van der Waals surface area contributed by atoms with Crippen LogP contribution in [0.2, 0.25) is 0 Å². The van der Waals surface area contributed by atoms with Crippen molar-refractivity contribution in [3.8, 4) is 0 Å². The average molecular weight is 234 g/mol. The zero-order valence-electron chi connectivity index (χ0n) is 6.08. The van der Waals surface area contributed by atoms with Gasteiger partial charge in [-0.05, 0) is 33.9 Å². The molecule has 0 fully saturated rings. The summed E-state index contributed by atoms with van der Waals surface area (Å²) < 4.78 is 12.2. The maximum absolute atomic E-state index is 11.3. The minimum atomic E-state index is -2.15. The molecule has 0 aliphatic rings. The number of hydrogen-bond donors (Lipinski definition) is 0. The molecule has 1 atom stereocenters. The predicted octanol–water partition coefficient (Wildman–Crippen LogP) is 1.55. The Morgan fingerprint density at radius 2 is 2.27 bits per heavy atom. The first kappa shape index (κ1) is 8.74. The molecule has 60 valence electrons. The smallest absolute Gasteiger partial charge is 0.118 e. The molecule has 0 bridgehead atoms. The number of halogens is 1. The molecule has 0 radical (unpaired) electrons. The first-order valence-corrected chi connectivity index (χ1v) is 5.87. The summed E-state index contributed by atoms with van der Waals surface area (Å²) in [6.07, 6.45) is 3.19. The highest BCUT2D eigenvalue weighted by Crippen LogP contribution is 2.10. The van der Waals surface area contributed by atoms with Crippen molar-refractivity contribution >= 4 is 31.3 Å². The van der Waals surface area contributed by atoms with E-state index in [4.69, 9.17) is 0 Å². The molecule has 1 unspecified atom stereocenters. The van der Waals surface area contributed by atoms with Crippen LogP contribution in [0.3, 0.4) is 0 Å². The Labute approximate surface area is 74.8 Å². The molecule has 0 saturated heterocycles. The summed E-state index contributed by atoms with van der Waals surface area (Å²) in [5.74, 6) is 3.52. The third kappa shape index (κ3) is 2.31. The lowest BCUT2D eigenvalue weighted by Crippen LogP contribution is -1.98. The summed E-state index contributed by atoms with van der Waals surface area (Å²) in [5, 5.41) is 0.542. The summed E-state index contributed by atoms with van der Waals surface area (Å²) in [5.41, 5.74) is 0. The summed E-state index contributed by atoms with van der Waals surface area (Å²) in [6.45, 7) is 0. The number of hydrogen-bond acceptors (Lipinski definition) is 2. The number of pyridine rings is 1. The SMILES string of the molecule is C=S(C)(=O)c1ccc(Br)cn1. The number of nitrogens with zero attached hydrogens (tertiary/aromatic N) is 1. The van der Waals surface area contributed by atoms with E-state index in [0.717, 1.165) is 4.47 Å². The van der Waals surface area contributed by atoms with Crippen LogP contribution in [0.25, 0.3) is 0 Å². The van der Waals surface area contributed by atoms with Gasteiger partial charge in [0.15, 0.2) is 0 Å². The van der Waals surface area contributed by atoms with Crippen molar-refractivity contribution in [3.05, 3.63) is 22.8 Å². The normalized spacial score (nSPS) is 15.8. The number of aromatic nitrogens is 1. The van der Waals surface area contributed by atoms with Crippen LogP contribution in [0, 0.1) is 0 Å². The quantitative estimate of drug-likeness (QED) is 0.690. The van der Waals surface area contributed by atoms with Gasteiger partial charge in [-0.1, -0.05) is 0 Å². The van der Waals surface area contributed by atoms with Crippen molar-refractivity contribution in [2.75, 3.05) is 6.26 Å².